The van der Waals surface area contributed by atoms with E-state index in [1.807, 2.05) is 13.0 Å². The van der Waals surface area contributed by atoms with E-state index >= 15 is 0 Å². The predicted molar refractivity (Wildman–Crippen MR) is 92.1 cm³/mol. The van der Waals surface area contributed by atoms with Crippen molar-refractivity contribution in [3.63, 3.8) is 0 Å². The zero-order valence-electron chi connectivity index (χ0n) is 13.0. The number of rotatable bonds is 4. The van der Waals surface area contributed by atoms with E-state index in [2.05, 4.69) is 20.6 Å². The summed E-state index contributed by atoms with van der Waals surface area (Å²) in [6, 6.07) is 5.86. The Morgan fingerprint density at radius 2 is 2.00 bits per heavy atom. The zero-order valence-corrected chi connectivity index (χ0v) is 13.7. The molecule has 0 aliphatic heterocycles. The molecule has 0 radical (unpaired) electrons. The monoisotopic (exact) mass is 330 g/mol. The summed E-state index contributed by atoms with van der Waals surface area (Å²) in [5.74, 6) is 0.419. The van der Waals surface area contributed by atoms with Gasteiger partial charge in [-0.05, 0) is 37.5 Å². The lowest BCUT2D eigenvalue weighted by atomic mass is 10.2. The number of nitrogens with zero attached hydrogens (tertiary/aromatic N) is 2. The van der Waals surface area contributed by atoms with Crippen LogP contribution in [0.5, 0.6) is 0 Å². The first-order chi connectivity index (χ1) is 11.1. The predicted octanol–water partition coefficient (Wildman–Crippen LogP) is 4.05. The van der Waals surface area contributed by atoms with E-state index in [0.717, 1.165) is 18.4 Å². The minimum Gasteiger partial charge on any atom is -0.366 e. The number of hydrogen-bond donors (Lipinski definition) is 2. The molecule has 0 bridgehead atoms. The second-order valence-electron chi connectivity index (χ2n) is 5.78. The number of halogens is 1. The topological polar surface area (TPSA) is 66.9 Å². The Hall–Kier alpha value is -2.14. The Bertz CT molecular complexity index is 696. The molecule has 3 rings (SSSR count). The van der Waals surface area contributed by atoms with Crippen LogP contribution in [-0.4, -0.2) is 21.9 Å². The first-order valence-corrected chi connectivity index (χ1v) is 8.16. The summed E-state index contributed by atoms with van der Waals surface area (Å²) in [4.78, 5) is 20.7. The van der Waals surface area contributed by atoms with Crippen molar-refractivity contribution in [2.45, 2.75) is 38.6 Å². The Labute approximate surface area is 140 Å². The first kappa shape index (κ1) is 15.7. The highest BCUT2D eigenvalue weighted by molar-refractivity contribution is 6.31. The number of hydrogen-bond acceptors (Lipinski definition) is 4. The highest BCUT2D eigenvalue weighted by atomic mass is 35.5. The van der Waals surface area contributed by atoms with Gasteiger partial charge >= 0.3 is 0 Å². The summed E-state index contributed by atoms with van der Waals surface area (Å²) < 4.78 is 0. The molecule has 1 aromatic carbocycles. The molecule has 1 saturated carbocycles. The minimum atomic E-state index is -0.296. The molecule has 1 fully saturated rings. The van der Waals surface area contributed by atoms with Gasteiger partial charge in [-0.25, -0.2) is 9.97 Å². The van der Waals surface area contributed by atoms with Crippen LogP contribution in [0.3, 0.4) is 0 Å². The number of carbonyl (C=O) groups is 1. The second kappa shape index (κ2) is 6.96. The maximum Gasteiger partial charge on any atom is 0.275 e. The molecule has 1 aliphatic rings. The minimum absolute atomic E-state index is 0.279. The number of anilines is 2. The lowest BCUT2D eigenvalue weighted by molar-refractivity contribution is 0.102. The average Bonchev–Trinajstić information content (AvgIpc) is 3.05. The van der Waals surface area contributed by atoms with Gasteiger partial charge in [-0.15, -0.1) is 0 Å². The largest absolute Gasteiger partial charge is 0.366 e. The van der Waals surface area contributed by atoms with E-state index in [1.54, 1.807) is 18.3 Å². The van der Waals surface area contributed by atoms with Crippen molar-refractivity contribution in [1.29, 1.82) is 0 Å². The van der Waals surface area contributed by atoms with Gasteiger partial charge in [0.15, 0.2) is 0 Å². The molecular weight excluding hydrogens is 312 g/mol. The quantitative estimate of drug-likeness (QED) is 0.887. The maximum absolute atomic E-state index is 12.3. The van der Waals surface area contributed by atoms with Crippen molar-refractivity contribution in [3.05, 3.63) is 46.9 Å². The molecule has 0 unspecified atom stereocenters. The Kier molecular flexibility index (Phi) is 4.76. The average molecular weight is 331 g/mol. The van der Waals surface area contributed by atoms with E-state index in [9.17, 15) is 4.79 Å². The molecule has 0 atom stereocenters. The fraction of sp³-hybridized carbons (Fsp3) is 0.353. The third-order valence-corrected chi connectivity index (χ3v) is 4.52. The van der Waals surface area contributed by atoms with Gasteiger partial charge in [0, 0.05) is 16.8 Å². The smallest absolute Gasteiger partial charge is 0.275 e. The molecule has 1 aromatic heterocycles. The van der Waals surface area contributed by atoms with Crippen LogP contribution < -0.4 is 10.6 Å². The lowest BCUT2D eigenvalue weighted by Gasteiger charge is -2.12. The number of aromatic nitrogens is 2. The first-order valence-electron chi connectivity index (χ1n) is 7.78. The molecule has 23 heavy (non-hydrogen) atoms. The van der Waals surface area contributed by atoms with Crippen molar-refractivity contribution in [3.8, 4) is 0 Å². The van der Waals surface area contributed by atoms with Crippen LogP contribution in [0.25, 0.3) is 0 Å². The maximum atomic E-state index is 12.3. The highest BCUT2D eigenvalue weighted by Crippen LogP contribution is 2.23. The normalized spacial score (nSPS) is 14.7. The molecule has 1 aliphatic carbocycles. The molecule has 120 valence electrons. The summed E-state index contributed by atoms with van der Waals surface area (Å²) >= 11 is 6.06. The van der Waals surface area contributed by atoms with Gasteiger partial charge in [-0.3, -0.25) is 4.79 Å². The fourth-order valence-corrected chi connectivity index (χ4v) is 2.90. The molecule has 0 spiro atoms. The molecule has 1 heterocycles. The van der Waals surface area contributed by atoms with Crippen LogP contribution in [0.4, 0.5) is 11.5 Å². The van der Waals surface area contributed by atoms with E-state index in [4.69, 9.17) is 11.6 Å². The van der Waals surface area contributed by atoms with E-state index in [0.29, 0.717) is 22.6 Å². The Balaban J connectivity index is 1.66. The number of nitrogens with one attached hydrogen (secondary N) is 2. The molecule has 0 saturated heterocycles. The molecular formula is C17H19ClN4O. The van der Waals surface area contributed by atoms with Gasteiger partial charge < -0.3 is 10.6 Å². The van der Waals surface area contributed by atoms with Crippen molar-refractivity contribution < 1.29 is 4.79 Å². The third kappa shape index (κ3) is 3.79. The van der Waals surface area contributed by atoms with Crippen molar-refractivity contribution in [2.75, 3.05) is 10.6 Å². The standard InChI is InChI=1S/C17H19ClN4O/c1-11-13(18)7-4-8-14(11)22-17(23)15-9-20-16(10-19-15)21-12-5-2-3-6-12/h4,7-10,12H,2-3,5-6H2,1H3,(H,20,21)(H,22,23). The summed E-state index contributed by atoms with van der Waals surface area (Å²) in [7, 11) is 0. The van der Waals surface area contributed by atoms with Crippen molar-refractivity contribution in [1.82, 2.24) is 9.97 Å². The van der Waals surface area contributed by atoms with Crippen LogP contribution in [0.1, 0.15) is 41.7 Å². The van der Waals surface area contributed by atoms with Gasteiger partial charge in [0.2, 0.25) is 0 Å². The van der Waals surface area contributed by atoms with Crippen molar-refractivity contribution in [2.24, 2.45) is 0 Å². The molecule has 2 aromatic rings. The number of amides is 1. The Morgan fingerprint density at radius 3 is 2.70 bits per heavy atom. The molecule has 1 amide bonds. The Morgan fingerprint density at radius 1 is 1.22 bits per heavy atom. The van der Waals surface area contributed by atoms with Crippen molar-refractivity contribution >= 4 is 29.0 Å². The highest BCUT2D eigenvalue weighted by Gasteiger charge is 2.16. The van der Waals surface area contributed by atoms with Gasteiger partial charge in [-0.1, -0.05) is 30.5 Å². The fourth-order valence-electron chi connectivity index (χ4n) is 2.73. The van der Waals surface area contributed by atoms with Gasteiger partial charge in [0.05, 0.1) is 12.4 Å². The number of carbonyl (C=O) groups excluding carboxylic acids is 1. The van der Waals surface area contributed by atoms with E-state index in [-0.39, 0.29) is 11.6 Å². The van der Waals surface area contributed by atoms with E-state index < -0.39 is 0 Å². The van der Waals surface area contributed by atoms with Crippen LogP contribution in [-0.2, 0) is 0 Å². The zero-order chi connectivity index (χ0) is 16.2. The second-order valence-corrected chi connectivity index (χ2v) is 6.19. The number of benzene rings is 1. The van der Waals surface area contributed by atoms with Gasteiger partial charge in [0.1, 0.15) is 11.5 Å². The summed E-state index contributed by atoms with van der Waals surface area (Å²) in [6.07, 6.45) is 7.94. The van der Waals surface area contributed by atoms with Gasteiger partial charge in [0.25, 0.3) is 5.91 Å². The molecule has 6 heteroatoms. The van der Waals surface area contributed by atoms with E-state index in [1.165, 1.54) is 19.0 Å². The van der Waals surface area contributed by atoms with Crippen LogP contribution in [0, 0.1) is 6.92 Å². The van der Waals surface area contributed by atoms with Crippen LogP contribution in [0.2, 0.25) is 5.02 Å². The van der Waals surface area contributed by atoms with Gasteiger partial charge in [-0.2, -0.15) is 0 Å². The summed E-state index contributed by atoms with van der Waals surface area (Å²) in [5.41, 5.74) is 1.79. The lowest BCUT2D eigenvalue weighted by Crippen LogP contribution is -2.18. The molecule has 5 nitrogen and oxygen atoms in total. The SMILES string of the molecule is Cc1c(Cl)cccc1NC(=O)c1cnc(NC2CCCC2)cn1. The van der Waals surface area contributed by atoms with Crippen LogP contribution in [0.15, 0.2) is 30.6 Å². The molecule has 2 N–H and O–H groups in total. The summed E-state index contributed by atoms with van der Waals surface area (Å²) in [5, 5.41) is 6.78. The third-order valence-electron chi connectivity index (χ3n) is 4.11. The van der Waals surface area contributed by atoms with Crippen LogP contribution >= 0.6 is 11.6 Å². The summed E-state index contributed by atoms with van der Waals surface area (Å²) in [6.45, 7) is 1.86.